The van der Waals surface area contributed by atoms with Crippen LogP contribution >= 0.6 is 0 Å². The highest BCUT2D eigenvalue weighted by molar-refractivity contribution is 5.94. The number of fused-ring (bicyclic) bond motifs is 1. The summed E-state index contributed by atoms with van der Waals surface area (Å²) in [5.41, 5.74) is 4.19. The Hall–Kier alpha value is -2.10. The molecule has 0 fully saturated rings. The summed E-state index contributed by atoms with van der Waals surface area (Å²) in [4.78, 5) is 12.2. The van der Waals surface area contributed by atoms with E-state index in [0.717, 1.165) is 43.4 Å². The molecule has 21 heavy (non-hydrogen) atoms. The fraction of sp³-hybridized carbons (Fsp3) is 0.412. The van der Waals surface area contributed by atoms with Gasteiger partial charge < -0.3 is 5.32 Å². The average Bonchev–Trinajstić information content (AvgIpc) is 2.96. The molecule has 4 heteroatoms. The van der Waals surface area contributed by atoms with Gasteiger partial charge in [0.2, 0.25) is 0 Å². The summed E-state index contributed by atoms with van der Waals surface area (Å²) in [5, 5.41) is 10.2. The lowest BCUT2D eigenvalue weighted by molar-refractivity contribution is 0.0947. The van der Waals surface area contributed by atoms with Crippen LogP contribution in [-0.2, 0) is 19.3 Å². The van der Waals surface area contributed by atoms with Gasteiger partial charge in [-0.25, -0.2) is 0 Å². The summed E-state index contributed by atoms with van der Waals surface area (Å²) in [6.07, 6.45) is 6.26. The number of rotatable bonds is 5. The molecule has 1 heterocycles. The zero-order chi connectivity index (χ0) is 14.5. The second-order valence-electron chi connectivity index (χ2n) is 5.58. The number of aromatic nitrogens is 2. The number of aromatic amines is 1. The number of nitrogens with one attached hydrogen (secondary N) is 2. The molecule has 0 unspecified atom stereocenters. The van der Waals surface area contributed by atoms with Crippen LogP contribution in [0.15, 0.2) is 30.3 Å². The van der Waals surface area contributed by atoms with Crippen molar-refractivity contribution in [3.63, 3.8) is 0 Å². The summed E-state index contributed by atoms with van der Waals surface area (Å²) >= 11 is 0. The highest BCUT2D eigenvalue weighted by atomic mass is 16.1. The Labute approximate surface area is 125 Å². The van der Waals surface area contributed by atoms with Gasteiger partial charge >= 0.3 is 0 Å². The summed E-state index contributed by atoms with van der Waals surface area (Å²) < 4.78 is 0. The standard InChI is InChI=1S/C17H21N3O/c21-17(16-14-10-4-5-11-15(14)19-20-16)18-12-6-9-13-7-2-1-3-8-13/h1-3,7-8H,4-6,9-12H2,(H,18,21)(H,19,20). The molecule has 1 aromatic heterocycles. The van der Waals surface area contributed by atoms with Crippen LogP contribution < -0.4 is 5.32 Å². The molecule has 110 valence electrons. The van der Waals surface area contributed by atoms with E-state index in [1.54, 1.807) is 0 Å². The summed E-state index contributed by atoms with van der Waals surface area (Å²) in [7, 11) is 0. The van der Waals surface area contributed by atoms with Crippen molar-refractivity contribution in [1.82, 2.24) is 15.5 Å². The molecule has 1 amide bonds. The first-order chi connectivity index (χ1) is 10.3. The van der Waals surface area contributed by atoms with E-state index in [2.05, 4.69) is 27.6 Å². The second kappa shape index (κ2) is 6.57. The third-order valence-electron chi connectivity index (χ3n) is 4.04. The predicted octanol–water partition coefficient (Wildman–Crippen LogP) is 2.65. The first-order valence-electron chi connectivity index (χ1n) is 7.73. The van der Waals surface area contributed by atoms with Gasteiger partial charge in [0.05, 0.1) is 0 Å². The van der Waals surface area contributed by atoms with E-state index in [0.29, 0.717) is 12.2 Å². The van der Waals surface area contributed by atoms with Gasteiger partial charge in [-0.05, 0) is 44.1 Å². The van der Waals surface area contributed by atoms with Gasteiger partial charge in [0.25, 0.3) is 5.91 Å². The first-order valence-corrected chi connectivity index (χ1v) is 7.73. The number of carbonyl (C=O) groups excluding carboxylic acids is 1. The van der Waals surface area contributed by atoms with Crippen molar-refractivity contribution in [2.24, 2.45) is 0 Å². The lowest BCUT2D eigenvalue weighted by atomic mass is 9.96. The van der Waals surface area contributed by atoms with Crippen molar-refractivity contribution in [3.8, 4) is 0 Å². The SMILES string of the molecule is O=C(NCCCc1ccccc1)c1n[nH]c2c1CCCC2. The summed E-state index contributed by atoms with van der Waals surface area (Å²) in [5.74, 6) is -0.0394. The smallest absolute Gasteiger partial charge is 0.272 e. The molecule has 0 saturated carbocycles. The van der Waals surface area contributed by atoms with E-state index in [9.17, 15) is 4.79 Å². The third-order valence-corrected chi connectivity index (χ3v) is 4.04. The minimum absolute atomic E-state index is 0.0394. The van der Waals surface area contributed by atoms with E-state index < -0.39 is 0 Å². The number of hydrogen-bond donors (Lipinski definition) is 2. The zero-order valence-corrected chi connectivity index (χ0v) is 12.2. The lowest BCUT2D eigenvalue weighted by Crippen LogP contribution is -2.26. The molecular weight excluding hydrogens is 262 g/mol. The summed E-state index contributed by atoms with van der Waals surface area (Å²) in [6, 6.07) is 10.3. The van der Waals surface area contributed by atoms with Gasteiger partial charge in [0.15, 0.2) is 5.69 Å². The van der Waals surface area contributed by atoms with Gasteiger partial charge in [-0.2, -0.15) is 5.10 Å². The van der Waals surface area contributed by atoms with E-state index in [-0.39, 0.29) is 5.91 Å². The molecule has 3 rings (SSSR count). The monoisotopic (exact) mass is 283 g/mol. The number of carbonyl (C=O) groups is 1. The molecule has 1 aliphatic carbocycles. The maximum absolute atomic E-state index is 12.2. The van der Waals surface area contributed by atoms with Crippen LogP contribution in [-0.4, -0.2) is 22.6 Å². The fourth-order valence-electron chi connectivity index (χ4n) is 2.89. The third kappa shape index (κ3) is 3.32. The van der Waals surface area contributed by atoms with Gasteiger partial charge in [-0.3, -0.25) is 9.89 Å². The number of aryl methyl sites for hydroxylation is 2. The molecule has 0 aliphatic heterocycles. The van der Waals surface area contributed by atoms with Crippen LogP contribution in [0.4, 0.5) is 0 Å². The van der Waals surface area contributed by atoms with Crippen molar-refractivity contribution in [2.45, 2.75) is 38.5 Å². The van der Waals surface area contributed by atoms with E-state index >= 15 is 0 Å². The van der Waals surface area contributed by atoms with Crippen molar-refractivity contribution >= 4 is 5.91 Å². The normalized spacial score (nSPS) is 13.7. The fourth-order valence-corrected chi connectivity index (χ4v) is 2.89. The van der Waals surface area contributed by atoms with Crippen LogP contribution in [0, 0.1) is 0 Å². The van der Waals surface area contributed by atoms with E-state index in [4.69, 9.17) is 0 Å². The highest BCUT2D eigenvalue weighted by Gasteiger charge is 2.21. The molecule has 2 aromatic rings. The Bertz CT molecular complexity index is 604. The number of nitrogens with zero attached hydrogens (tertiary/aromatic N) is 1. The zero-order valence-electron chi connectivity index (χ0n) is 12.2. The molecule has 4 nitrogen and oxygen atoms in total. The molecule has 0 bridgehead atoms. The van der Waals surface area contributed by atoms with E-state index in [1.165, 1.54) is 12.0 Å². The number of hydrogen-bond acceptors (Lipinski definition) is 2. The Morgan fingerprint density at radius 2 is 2.00 bits per heavy atom. The molecule has 1 aliphatic rings. The maximum atomic E-state index is 12.2. The van der Waals surface area contributed by atoms with Gasteiger partial charge in [-0.1, -0.05) is 30.3 Å². The van der Waals surface area contributed by atoms with Gasteiger partial charge in [0, 0.05) is 17.8 Å². The average molecular weight is 283 g/mol. The Balaban J connectivity index is 1.49. The first kappa shape index (κ1) is 13.9. The molecule has 1 aromatic carbocycles. The Morgan fingerprint density at radius 3 is 2.86 bits per heavy atom. The number of benzene rings is 1. The van der Waals surface area contributed by atoms with Crippen molar-refractivity contribution in [2.75, 3.05) is 6.54 Å². The van der Waals surface area contributed by atoms with Crippen LogP contribution in [0.5, 0.6) is 0 Å². The second-order valence-corrected chi connectivity index (χ2v) is 5.58. The molecule has 0 saturated heterocycles. The highest BCUT2D eigenvalue weighted by Crippen LogP contribution is 2.21. The van der Waals surface area contributed by atoms with Gasteiger partial charge in [0.1, 0.15) is 0 Å². The van der Waals surface area contributed by atoms with Crippen LogP contribution in [0.3, 0.4) is 0 Å². The topological polar surface area (TPSA) is 57.8 Å². The summed E-state index contributed by atoms with van der Waals surface area (Å²) in [6.45, 7) is 0.690. The maximum Gasteiger partial charge on any atom is 0.272 e. The molecular formula is C17H21N3O. The van der Waals surface area contributed by atoms with Crippen LogP contribution in [0.1, 0.15) is 46.6 Å². The lowest BCUT2D eigenvalue weighted by Gasteiger charge is -2.11. The van der Waals surface area contributed by atoms with Crippen LogP contribution in [0.2, 0.25) is 0 Å². The van der Waals surface area contributed by atoms with Gasteiger partial charge in [-0.15, -0.1) is 0 Å². The quantitative estimate of drug-likeness (QED) is 0.829. The minimum Gasteiger partial charge on any atom is -0.351 e. The molecule has 0 atom stereocenters. The van der Waals surface area contributed by atoms with Crippen molar-refractivity contribution in [1.29, 1.82) is 0 Å². The van der Waals surface area contributed by atoms with Crippen LogP contribution in [0.25, 0.3) is 0 Å². The molecule has 2 N–H and O–H groups in total. The molecule has 0 spiro atoms. The van der Waals surface area contributed by atoms with Crippen molar-refractivity contribution < 1.29 is 4.79 Å². The van der Waals surface area contributed by atoms with E-state index in [1.807, 2.05) is 18.2 Å². The minimum atomic E-state index is -0.0394. The number of amides is 1. The largest absolute Gasteiger partial charge is 0.351 e. The molecule has 0 radical (unpaired) electrons. The number of H-pyrrole nitrogens is 1. The Kier molecular flexibility index (Phi) is 4.34. The predicted molar refractivity (Wildman–Crippen MR) is 82.3 cm³/mol. The Morgan fingerprint density at radius 1 is 1.19 bits per heavy atom. The van der Waals surface area contributed by atoms with Crippen molar-refractivity contribution in [3.05, 3.63) is 52.8 Å².